The lowest BCUT2D eigenvalue weighted by molar-refractivity contribution is 0.0914. The lowest BCUT2D eigenvalue weighted by atomic mass is 10.3. The van der Waals surface area contributed by atoms with Crippen LogP contribution in [0.5, 0.6) is 0 Å². The molecule has 0 spiro atoms. The zero-order valence-electron chi connectivity index (χ0n) is 16.0. The SMILES string of the molecule is CCNC(=NCCS(=O)C(C)(C)C)N1CCN(C(=O)OCC)CC1.I. The van der Waals surface area contributed by atoms with Crippen LogP contribution in [0.3, 0.4) is 0 Å². The Morgan fingerprint density at radius 1 is 1.16 bits per heavy atom. The molecule has 0 saturated carbocycles. The molecule has 1 atom stereocenters. The molecule has 1 N–H and O–H groups in total. The third kappa shape index (κ3) is 8.57. The smallest absolute Gasteiger partial charge is 0.409 e. The molecule has 1 fully saturated rings. The van der Waals surface area contributed by atoms with Crippen molar-refractivity contribution < 1.29 is 13.7 Å². The fourth-order valence-electron chi connectivity index (χ4n) is 2.28. The Morgan fingerprint density at radius 2 is 1.72 bits per heavy atom. The third-order valence-electron chi connectivity index (χ3n) is 3.66. The molecule has 9 heteroatoms. The highest BCUT2D eigenvalue weighted by molar-refractivity contribution is 14.0. The van der Waals surface area contributed by atoms with Gasteiger partial charge < -0.3 is 19.9 Å². The van der Waals surface area contributed by atoms with Crippen molar-refractivity contribution >= 4 is 46.8 Å². The lowest BCUT2D eigenvalue weighted by Crippen LogP contribution is -2.54. The van der Waals surface area contributed by atoms with Gasteiger partial charge in [-0.3, -0.25) is 9.20 Å². The fourth-order valence-corrected chi connectivity index (χ4v) is 3.15. The Balaban J connectivity index is 0.00000576. The first-order valence-corrected chi connectivity index (χ1v) is 9.95. The number of nitrogens with one attached hydrogen (secondary N) is 1. The van der Waals surface area contributed by atoms with E-state index in [2.05, 4.69) is 15.2 Å². The van der Waals surface area contributed by atoms with Crippen LogP contribution in [-0.2, 0) is 15.5 Å². The highest BCUT2D eigenvalue weighted by Crippen LogP contribution is 2.11. The monoisotopic (exact) mass is 488 g/mol. The van der Waals surface area contributed by atoms with Crippen molar-refractivity contribution in [3.8, 4) is 0 Å². The van der Waals surface area contributed by atoms with Gasteiger partial charge in [-0.2, -0.15) is 0 Å². The molecule has 25 heavy (non-hydrogen) atoms. The van der Waals surface area contributed by atoms with Crippen molar-refractivity contribution in [2.75, 3.05) is 51.6 Å². The number of piperazine rings is 1. The average molecular weight is 488 g/mol. The van der Waals surface area contributed by atoms with Gasteiger partial charge in [-0.25, -0.2) is 4.79 Å². The molecule has 1 aliphatic rings. The maximum Gasteiger partial charge on any atom is 0.409 e. The standard InChI is InChI=1S/C16H32N4O3S.HI/c1-6-17-14(18-8-13-24(22)16(3,4)5)19-9-11-20(12-10-19)15(21)23-7-2;/h6-13H2,1-5H3,(H,17,18);1H. The van der Waals surface area contributed by atoms with E-state index < -0.39 is 10.8 Å². The van der Waals surface area contributed by atoms with Gasteiger partial charge in [0.2, 0.25) is 0 Å². The summed E-state index contributed by atoms with van der Waals surface area (Å²) < 4.78 is 16.9. The molecule has 1 amide bonds. The topological polar surface area (TPSA) is 74.2 Å². The van der Waals surface area contributed by atoms with Crippen LogP contribution in [0.15, 0.2) is 4.99 Å². The molecule has 1 unspecified atom stereocenters. The number of hydrogen-bond acceptors (Lipinski definition) is 4. The van der Waals surface area contributed by atoms with Crippen LogP contribution in [-0.4, -0.2) is 82.4 Å². The normalized spacial score (nSPS) is 16.9. The molecule has 1 saturated heterocycles. The maximum atomic E-state index is 12.1. The summed E-state index contributed by atoms with van der Waals surface area (Å²) in [5.41, 5.74) is 0. The first-order chi connectivity index (χ1) is 11.3. The van der Waals surface area contributed by atoms with Crippen molar-refractivity contribution in [1.82, 2.24) is 15.1 Å². The number of rotatable bonds is 5. The Morgan fingerprint density at radius 3 is 2.20 bits per heavy atom. The van der Waals surface area contributed by atoms with E-state index in [9.17, 15) is 9.00 Å². The Labute approximate surface area is 171 Å². The van der Waals surface area contributed by atoms with E-state index in [4.69, 9.17) is 4.74 Å². The highest BCUT2D eigenvalue weighted by Gasteiger charge is 2.24. The minimum Gasteiger partial charge on any atom is -0.450 e. The summed E-state index contributed by atoms with van der Waals surface area (Å²) in [7, 11) is -0.900. The number of aliphatic imine (C=N–C) groups is 1. The van der Waals surface area contributed by atoms with E-state index in [1.54, 1.807) is 4.90 Å². The summed E-state index contributed by atoms with van der Waals surface area (Å²) >= 11 is 0. The van der Waals surface area contributed by atoms with Crippen LogP contribution in [0.4, 0.5) is 4.79 Å². The number of nitrogens with zero attached hydrogens (tertiary/aromatic N) is 3. The summed E-state index contributed by atoms with van der Waals surface area (Å²) in [4.78, 5) is 20.2. The van der Waals surface area contributed by atoms with E-state index in [1.165, 1.54) is 0 Å². The molecular formula is C16H33IN4O3S. The number of carbonyl (C=O) groups excluding carboxylic acids is 1. The van der Waals surface area contributed by atoms with Gasteiger partial charge in [-0.1, -0.05) is 0 Å². The summed E-state index contributed by atoms with van der Waals surface area (Å²) in [6.45, 7) is 14.2. The Bertz CT molecular complexity index is 461. The number of halogens is 1. The van der Waals surface area contributed by atoms with Crippen molar-refractivity contribution in [3.05, 3.63) is 0 Å². The number of guanidine groups is 1. The Hall–Kier alpha value is -0.580. The van der Waals surface area contributed by atoms with Crippen LogP contribution in [0.2, 0.25) is 0 Å². The second-order valence-corrected chi connectivity index (χ2v) is 8.89. The van der Waals surface area contributed by atoms with Crippen molar-refractivity contribution in [2.24, 2.45) is 4.99 Å². The summed E-state index contributed by atoms with van der Waals surface area (Å²) in [6.07, 6.45) is -0.250. The van der Waals surface area contributed by atoms with E-state index in [1.807, 2.05) is 34.6 Å². The Kier molecular flexibility index (Phi) is 11.6. The minimum atomic E-state index is -0.900. The first kappa shape index (κ1) is 24.4. The summed E-state index contributed by atoms with van der Waals surface area (Å²) in [5, 5.41) is 3.28. The predicted molar refractivity (Wildman–Crippen MR) is 114 cm³/mol. The first-order valence-electron chi connectivity index (χ1n) is 8.63. The number of carbonyl (C=O) groups is 1. The molecular weight excluding hydrogens is 455 g/mol. The van der Waals surface area contributed by atoms with Gasteiger partial charge in [0.1, 0.15) is 0 Å². The number of ether oxygens (including phenoxy) is 1. The van der Waals surface area contributed by atoms with Crippen LogP contribution in [0, 0.1) is 0 Å². The molecule has 0 radical (unpaired) electrons. The lowest BCUT2D eigenvalue weighted by Gasteiger charge is -2.35. The summed E-state index contributed by atoms with van der Waals surface area (Å²) in [5.74, 6) is 1.38. The quantitative estimate of drug-likeness (QED) is 0.364. The molecule has 7 nitrogen and oxygen atoms in total. The fraction of sp³-hybridized carbons (Fsp3) is 0.875. The van der Waals surface area contributed by atoms with Gasteiger partial charge in [0, 0.05) is 54.0 Å². The molecule has 1 aliphatic heterocycles. The van der Waals surface area contributed by atoms with Gasteiger partial charge >= 0.3 is 6.09 Å². The van der Waals surface area contributed by atoms with Gasteiger partial charge in [0.05, 0.1) is 13.2 Å². The zero-order chi connectivity index (χ0) is 18.2. The second kappa shape index (κ2) is 11.9. The number of hydrogen-bond donors (Lipinski definition) is 1. The van der Waals surface area contributed by atoms with E-state index in [0.717, 1.165) is 12.5 Å². The zero-order valence-corrected chi connectivity index (χ0v) is 19.2. The average Bonchev–Trinajstić information content (AvgIpc) is 2.53. The van der Waals surface area contributed by atoms with Gasteiger partial charge in [-0.15, -0.1) is 24.0 Å². The summed E-state index contributed by atoms with van der Waals surface area (Å²) in [6, 6.07) is 0. The van der Waals surface area contributed by atoms with E-state index in [-0.39, 0.29) is 34.8 Å². The molecule has 0 aromatic carbocycles. The third-order valence-corrected chi connectivity index (χ3v) is 5.58. The van der Waals surface area contributed by atoms with Gasteiger partial charge in [0.25, 0.3) is 0 Å². The largest absolute Gasteiger partial charge is 0.450 e. The van der Waals surface area contributed by atoms with Crippen LogP contribution < -0.4 is 5.32 Å². The molecule has 0 aliphatic carbocycles. The van der Waals surface area contributed by atoms with Crippen LogP contribution in [0.25, 0.3) is 0 Å². The van der Waals surface area contributed by atoms with Crippen molar-refractivity contribution in [2.45, 2.75) is 39.4 Å². The van der Waals surface area contributed by atoms with Crippen LogP contribution in [0.1, 0.15) is 34.6 Å². The molecule has 1 heterocycles. The highest BCUT2D eigenvalue weighted by atomic mass is 127. The minimum absolute atomic E-state index is 0. The second-order valence-electron chi connectivity index (χ2n) is 6.57. The molecule has 0 bridgehead atoms. The van der Waals surface area contributed by atoms with Crippen LogP contribution >= 0.6 is 24.0 Å². The van der Waals surface area contributed by atoms with E-state index in [0.29, 0.717) is 45.1 Å². The maximum absolute atomic E-state index is 12.1. The van der Waals surface area contributed by atoms with E-state index >= 15 is 0 Å². The number of amides is 1. The van der Waals surface area contributed by atoms with Gasteiger partial charge in [0.15, 0.2) is 5.96 Å². The molecule has 148 valence electrons. The predicted octanol–water partition coefficient (Wildman–Crippen LogP) is 1.89. The van der Waals surface area contributed by atoms with Crippen molar-refractivity contribution in [3.63, 3.8) is 0 Å². The molecule has 0 aromatic heterocycles. The molecule has 0 aromatic rings. The van der Waals surface area contributed by atoms with Gasteiger partial charge in [-0.05, 0) is 34.6 Å². The molecule has 1 rings (SSSR count). The van der Waals surface area contributed by atoms with Crippen molar-refractivity contribution in [1.29, 1.82) is 0 Å².